The molecule has 26 heavy (non-hydrogen) atoms. The second-order valence-electron chi connectivity index (χ2n) is 6.41. The largest absolute Gasteiger partial charge is 0.281 e. The molecule has 136 valence electrons. The number of pyridine rings is 1. The standard InChI is InChI=1S/C19H18Cl3N3S/c1-10(2)17(12-4-5-23-16(22)6-12)18-11(3)24-25-19(18)26-15-8-13(20)7-14(21)9-15/h4-10,17H,1-3H3,(H,24,25). The first-order valence-electron chi connectivity index (χ1n) is 8.15. The number of hydrogen-bond acceptors (Lipinski definition) is 3. The second kappa shape index (κ2) is 8.22. The number of H-pyrrole nitrogens is 1. The zero-order valence-corrected chi connectivity index (χ0v) is 17.6. The van der Waals surface area contributed by atoms with Crippen molar-refractivity contribution in [2.24, 2.45) is 5.92 Å². The van der Waals surface area contributed by atoms with Crippen LogP contribution in [0.5, 0.6) is 0 Å². The summed E-state index contributed by atoms with van der Waals surface area (Å²) < 4.78 is 0. The number of halogens is 3. The Hall–Kier alpha value is -1.20. The van der Waals surface area contributed by atoms with Gasteiger partial charge in [0.05, 0.1) is 0 Å². The van der Waals surface area contributed by atoms with Crippen LogP contribution in [0.15, 0.2) is 46.5 Å². The van der Waals surface area contributed by atoms with Gasteiger partial charge in [0.1, 0.15) is 10.2 Å². The number of aromatic amines is 1. The van der Waals surface area contributed by atoms with Crippen LogP contribution in [-0.2, 0) is 0 Å². The number of aryl methyl sites for hydroxylation is 1. The molecule has 1 aromatic carbocycles. The van der Waals surface area contributed by atoms with Crippen molar-refractivity contribution in [3.05, 3.63) is 68.5 Å². The molecule has 0 aliphatic carbocycles. The Bertz CT molecular complexity index is 904. The van der Waals surface area contributed by atoms with E-state index in [1.807, 2.05) is 31.2 Å². The molecule has 0 aliphatic heterocycles. The van der Waals surface area contributed by atoms with Crippen LogP contribution in [0.1, 0.15) is 36.6 Å². The van der Waals surface area contributed by atoms with Gasteiger partial charge in [-0.25, -0.2) is 4.98 Å². The fourth-order valence-corrected chi connectivity index (χ4v) is 4.97. The number of aromatic nitrogens is 3. The van der Waals surface area contributed by atoms with E-state index >= 15 is 0 Å². The molecule has 0 spiro atoms. The molecule has 1 N–H and O–H groups in total. The number of nitrogens with one attached hydrogen (secondary N) is 1. The Morgan fingerprint density at radius 1 is 1.04 bits per heavy atom. The van der Waals surface area contributed by atoms with Gasteiger partial charge in [0.15, 0.2) is 0 Å². The van der Waals surface area contributed by atoms with Crippen LogP contribution in [0.3, 0.4) is 0 Å². The summed E-state index contributed by atoms with van der Waals surface area (Å²) in [5, 5.41) is 10.3. The SMILES string of the molecule is Cc1[nH]nc(Sc2cc(Cl)cc(Cl)c2)c1C(c1ccnc(Cl)c1)C(C)C. The molecule has 0 bridgehead atoms. The van der Waals surface area contributed by atoms with E-state index in [-0.39, 0.29) is 5.92 Å². The van der Waals surface area contributed by atoms with Crippen LogP contribution in [0.2, 0.25) is 15.2 Å². The first-order valence-corrected chi connectivity index (χ1v) is 10.1. The van der Waals surface area contributed by atoms with E-state index in [1.165, 1.54) is 0 Å². The van der Waals surface area contributed by atoms with E-state index in [4.69, 9.17) is 34.8 Å². The molecule has 7 heteroatoms. The molecule has 0 amide bonds. The molecule has 1 unspecified atom stereocenters. The Balaban J connectivity index is 2.05. The highest BCUT2D eigenvalue weighted by Crippen LogP contribution is 2.41. The van der Waals surface area contributed by atoms with Crippen molar-refractivity contribution in [2.45, 2.75) is 36.6 Å². The lowest BCUT2D eigenvalue weighted by Gasteiger charge is -2.22. The lowest BCUT2D eigenvalue weighted by Crippen LogP contribution is -2.10. The minimum absolute atomic E-state index is 0.145. The van der Waals surface area contributed by atoms with E-state index in [0.717, 1.165) is 26.7 Å². The zero-order chi connectivity index (χ0) is 18.8. The first kappa shape index (κ1) is 19.6. The molecule has 2 aromatic heterocycles. The van der Waals surface area contributed by atoms with Gasteiger partial charge in [0.2, 0.25) is 0 Å². The highest BCUT2D eigenvalue weighted by Gasteiger charge is 2.26. The quantitative estimate of drug-likeness (QED) is 0.446. The summed E-state index contributed by atoms with van der Waals surface area (Å²) in [5.41, 5.74) is 3.31. The Labute approximate surface area is 172 Å². The summed E-state index contributed by atoms with van der Waals surface area (Å²) in [5.74, 6) is 0.499. The lowest BCUT2D eigenvalue weighted by atomic mass is 9.83. The van der Waals surface area contributed by atoms with Crippen molar-refractivity contribution in [3.63, 3.8) is 0 Å². The zero-order valence-electron chi connectivity index (χ0n) is 14.6. The Morgan fingerprint density at radius 3 is 2.35 bits per heavy atom. The molecular weight excluding hydrogens is 409 g/mol. The van der Waals surface area contributed by atoms with Crippen molar-refractivity contribution in [2.75, 3.05) is 0 Å². The maximum absolute atomic E-state index is 6.14. The van der Waals surface area contributed by atoms with E-state index in [0.29, 0.717) is 21.1 Å². The smallest absolute Gasteiger partial charge is 0.129 e. The Morgan fingerprint density at radius 2 is 1.73 bits per heavy atom. The minimum Gasteiger partial charge on any atom is -0.281 e. The predicted octanol–water partition coefficient (Wildman–Crippen LogP) is 7.01. The molecule has 0 radical (unpaired) electrons. The molecule has 3 rings (SSSR count). The molecule has 3 aromatic rings. The van der Waals surface area contributed by atoms with Crippen LogP contribution < -0.4 is 0 Å². The van der Waals surface area contributed by atoms with Crippen molar-refractivity contribution in [1.29, 1.82) is 0 Å². The third-order valence-electron chi connectivity index (χ3n) is 4.10. The van der Waals surface area contributed by atoms with Crippen molar-refractivity contribution in [1.82, 2.24) is 15.2 Å². The van der Waals surface area contributed by atoms with E-state index in [9.17, 15) is 0 Å². The first-order chi connectivity index (χ1) is 12.3. The number of rotatable bonds is 5. The number of hydrogen-bond donors (Lipinski definition) is 1. The van der Waals surface area contributed by atoms with Crippen LogP contribution in [0.4, 0.5) is 0 Å². The van der Waals surface area contributed by atoms with Crippen LogP contribution in [-0.4, -0.2) is 15.2 Å². The third-order valence-corrected chi connectivity index (χ3v) is 5.72. The maximum Gasteiger partial charge on any atom is 0.129 e. The van der Waals surface area contributed by atoms with Gasteiger partial charge >= 0.3 is 0 Å². The highest BCUT2D eigenvalue weighted by atomic mass is 35.5. The van der Waals surface area contributed by atoms with Gasteiger partial charge in [-0.1, -0.05) is 60.4 Å². The average Bonchev–Trinajstić information content (AvgIpc) is 2.87. The molecule has 1 atom stereocenters. The second-order valence-corrected chi connectivity index (χ2v) is 8.73. The van der Waals surface area contributed by atoms with Gasteiger partial charge in [0.25, 0.3) is 0 Å². The van der Waals surface area contributed by atoms with Gasteiger partial charge in [0, 0.05) is 38.3 Å². The van der Waals surface area contributed by atoms with Crippen LogP contribution in [0.25, 0.3) is 0 Å². The van der Waals surface area contributed by atoms with Crippen molar-refractivity contribution in [3.8, 4) is 0 Å². The number of nitrogens with zero attached hydrogens (tertiary/aromatic N) is 2. The van der Waals surface area contributed by atoms with Crippen molar-refractivity contribution < 1.29 is 0 Å². The van der Waals surface area contributed by atoms with E-state index in [1.54, 1.807) is 24.0 Å². The lowest BCUT2D eigenvalue weighted by molar-refractivity contribution is 0.554. The van der Waals surface area contributed by atoms with Gasteiger partial charge in [-0.05, 0) is 48.7 Å². The molecule has 0 aliphatic rings. The van der Waals surface area contributed by atoms with Gasteiger partial charge in [-0.15, -0.1) is 0 Å². The van der Waals surface area contributed by atoms with Gasteiger partial charge < -0.3 is 0 Å². The monoisotopic (exact) mass is 425 g/mol. The predicted molar refractivity (Wildman–Crippen MR) is 110 cm³/mol. The maximum atomic E-state index is 6.14. The summed E-state index contributed by atoms with van der Waals surface area (Å²) in [6, 6.07) is 9.43. The average molecular weight is 427 g/mol. The number of benzene rings is 1. The fourth-order valence-electron chi connectivity index (χ4n) is 3.05. The molecule has 0 fully saturated rings. The Kier molecular flexibility index (Phi) is 6.18. The molecule has 0 saturated carbocycles. The van der Waals surface area contributed by atoms with Gasteiger partial charge in [-0.2, -0.15) is 5.10 Å². The summed E-state index contributed by atoms with van der Waals surface area (Å²) in [4.78, 5) is 5.05. The molecule has 0 saturated heterocycles. The van der Waals surface area contributed by atoms with E-state index in [2.05, 4.69) is 29.0 Å². The molecular formula is C19H18Cl3N3S. The fraction of sp³-hybridized carbons (Fsp3) is 0.263. The normalized spacial score (nSPS) is 12.6. The minimum atomic E-state index is 0.145. The topological polar surface area (TPSA) is 41.6 Å². The van der Waals surface area contributed by atoms with E-state index < -0.39 is 0 Å². The highest BCUT2D eigenvalue weighted by molar-refractivity contribution is 7.99. The summed E-state index contributed by atoms with van der Waals surface area (Å²) in [7, 11) is 0. The van der Waals surface area contributed by atoms with Crippen molar-refractivity contribution >= 4 is 46.6 Å². The summed E-state index contributed by atoms with van der Waals surface area (Å²) in [6.45, 7) is 6.42. The molecule has 3 nitrogen and oxygen atoms in total. The van der Waals surface area contributed by atoms with Crippen LogP contribution >= 0.6 is 46.6 Å². The van der Waals surface area contributed by atoms with Gasteiger partial charge in [-0.3, -0.25) is 5.10 Å². The molecule has 2 heterocycles. The third kappa shape index (κ3) is 4.37. The summed E-state index contributed by atoms with van der Waals surface area (Å²) >= 11 is 20.0. The van der Waals surface area contributed by atoms with Crippen LogP contribution in [0, 0.1) is 12.8 Å². The summed E-state index contributed by atoms with van der Waals surface area (Å²) in [6.07, 6.45) is 1.74.